The first-order chi connectivity index (χ1) is 8.24. The second kappa shape index (κ2) is 5.04. The van der Waals surface area contributed by atoms with Gasteiger partial charge in [-0.25, -0.2) is 4.99 Å². The Labute approximate surface area is 102 Å². The quantitative estimate of drug-likeness (QED) is 0.747. The predicted molar refractivity (Wildman–Crippen MR) is 68.9 cm³/mol. The molecular formula is C14H17NO2. The maximum atomic E-state index is 5.58. The van der Waals surface area contributed by atoms with Crippen LogP contribution in [-0.4, -0.2) is 19.1 Å². The van der Waals surface area contributed by atoms with Crippen molar-refractivity contribution in [1.82, 2.24) is 0 Å². The number of nitrogens with zero attached hydrogens (tertiary/aromatic N) is 1. The molecule has 1 saturated heterocycles. The third-order valence-electron chi connectivity index (χ3n) is 2.83. The predicted octanol–water partition coefficient (Wildman–Crippen LogP) is 3.34. The van der Waals surface area contributed by atoms with Crippen LogP contribution in [0.3, 0.4) is 0 Å². The number of benzene rings is 1. The normalized spacial score (nSPS) is 25.7. The molecule has 3 nitrogen and oxygen atoms in total. The molecule has 2 atom stereocenters. The highest BCUT2D eigenvalue weighted by atomic mass is 16.5. The van der Waals surface area contributed by atoms with Crippen molar-refractivity contribution in [2.45, 2.75) is 20.0 Å². The number of ether oxygens (including phenoxy) is 2. The molecule has 1 aromatic carbocycles. The van der Waals surface area contributed by atoms with E-state index < -0.39 is 0 Å². The van der Waals surface area contributed by atoms with E-state index in [1.807, 2.05) is 37.3 Å². The summed E-state index contributed by atoms with van der Waals surface area (Å²) in [5, 5.41) is 0. The van der Waals surface area contributed by atoms with E-state index in [0.717, 1.165) is 17.3 Å². The van der Waals surface area contributed by atoms with Gasteiger partial charge in [0, 0.05) is 0 Å². The Hall–Kier alpha value is -1.77. The molecule has 0 N–H and O–H groups in total. The van der Waals surface area contributed by atoms with Crippen molar-refractivity contribution in [2.24, 2.45) is 10.9 Å². The van der Waals surface area contributed by atoms with Gasteiger partial charge in [0.1, 0.15) is 11.9 Å². The molecule has 0 saturated carbocycles. The number of hydrogen-bond donors (Lipinski definition) is 0. The fraction of sp³-hybridized carbons (Fsp3) is 0.357. The molecule has 90 valence electrons. The first-order valence-corrected chi connectivity index (χ1v) is 5.76. The SMILES string of the molecule is C/C=C/[C@H]1OC(=Nc2ccc(OC)cc2)[C@@H]1C. The summed E-state index contributed by atoms with van der Waals surface area (Å²) in [6.45, 7) is 4.12. The highest BCUT2D eigenvalue weighted by Crippen LogP contribution is 2.27. The van der Waals surface area contributed by atoms with Crippen LogP contribution in [0.1, 0.15) is 13.8 Å². The minimum Gasteiger partial charge on any atom is -0.497 e. The van der Waals surface area contributed by atoms with Crippen molar-refractivity contribution in [3.63, 3.8) is 0 Å². The van der Waals surface area contributed by atoms with Gasteiger partial charge in [0.2, 0.25) is 0 Å². The molecule has 1 fully saturated rings. The van der Waals surface area contributed by atoms with Crippen LogP contribution in [-0.2, 0) is 4.74 Å². The van der Waals surface area contributed by atoms with Crippen LogP contribution in [0.2, 0.25) is 0 Å². The van der Waals surface area contributed by atoms with Crippen LogP contribution >= 0.6 is 0 Å². The highest BCUT2D eigenvalue weighted by molar-refractivity contribution is 5.86. The second-order valence-corrected chi connectivity index (χ2v) is 4.04. The second-order valence-electron chi connectivity index (χ2n) is 4.04. The Balaban J connectivity index is 2.05. The average Bonchev–Trinajstić information content (AvgIpc) is 2.38. The summed E-state index contributed by atoms with van der Waals surface area (Å²) in [6, 6.07) is 7.63. The van der Waals surface area contributed by atoms with E-state index in [1.165, 1.54) is 0 Å². The van der Waals surface area contributed by atoms with Crippen molar-refractivity contribution in [2.75, 3.05) is 7.11 Å². The Kier molecular flexibility index (Phi) is 3.47. The molecule has 1 aliphatic rings. The third kappa shape index (κ3) is 2.49. The van der Waals surface area contributed by atoms with Crippen LogP contribution in [0.15, 0.2) is 41.4 Å². The zero-order valence-electron chi connectivity index (χ0n) is 10.4. The smallest absolute Gasteiger partial charge is 0.196 e. The molecule has 0 amide bonds. The van der Waals surface area contributed by atoms with Crippen molar-refractivity contribution >= 4 is 11.6 Å². The third-order valence-corrected chi connectivity index (χ3v) is 2.83. The Morgan fingerprint density at radius 3 is 2.53 bits per heavy atom. The summed E-state index contributed by atoms with van der Waals surface area (Å²) in [5.74, 6) is 2.00. The van der Waals surface area contributed by atoms with Crippen molar-refractivity contribution in [3.05, 3.63) is 36.4 Å². The number of methoxy groups -OCH3 is 1. The molecule has 17 heavy (non-hydrogen) atoms. The molecule has 0 aliphatic carbocycles. The summed E-state index contributed by atoms with van der Waals surface area (Å²) >= 11 is 0. The molecule has 2 rings (SSSR count). The lowest BCUT2D eigenvalue weighted by Gasteiger charge is -2.34. The van der Waals surface area contributed by atoms with Crippen molar-refractivity contribution in [3.8, 4) is 5.75 Å². The van der Waals surface area contributed by atoms with E-state index >= 15 is 0 Å². The Morgan fingerprint density at radius 2 is 2.00 bits per heavy atom. The first kappa shape index (κ1) is 11.7. The molecule has 0 aromatic heterocycles. The summed E-state index contributed by atoms with van der Waals surface area (Å²) in [6.07, 6.45) is 4.24. The van der Waals surface area contributed by atoms with Crippen LogP contribution < -0.4 is 4.74 Å². The van der Waals surface area contributed by atoms with Gasteiger partial charge >= 0.3 is 0 Å². The highest BCUT2D eigenvalue weighted by Gasteiger charge is 2.34. The van der Waals surface area contributed by atoms with E-state index in [4.69, 9.17) is 9.47 Å². The fourth-order valence-electron chi connectivity index (χ4n) is 1.72. The molecule has 0 radical (unpaired) electrons. The molecule has 1 heterocycles. The van der Waals surface area contributed by atoms with E-state index in [2.05, 4.69) is 18.0 Å². The standard InChI is InChI=1S/C14H17NO2/c1-4-5-13-10(2)14(17-13)15-11-6-8-12(16-3)9-7-11/h4-10,13H,1-3H3/b5-4+,15-14?/t10-,13-/m1/s1. The Bertz CT molecular complexity index is 434. The molecule has 1 aromatic rings. The van der Waals surface area contributed by atoms with Crippen LogP contribution in [0.4, 0.5) is 5.69 Å². The topological polar surface area (TPSA) is 30.8 Å². The van der Waals surface area contributed by atoms with E-state index in [0.29, 0.717) is 5.92 Å². The zero-order chi connectivity index (χ0) is 12.3. The maximum Gasteiger partial charge on any atom is 0.196 e. The molecule has 0 bridgehead atoms. The van der Waals surface area contributed by atoms with Crippen LogP contribution in [0.25, 0.3) is 0 Å². The molecule has 0 spiro atoms. The van der Waals surface area contributed by atoms with Gasteiger partial charge in [-0.15, -0.1) is 0 Å². The van der Waals surface area contributed by atoms with Gasteiger partial charge in [0.05, 0.1) is 18.7 Å². The molecule has 0 unspecified atom stereocenters. The fourth-order valence-corrected chi connectivity index (χ4v) is 1.72. The number of aliphatic imine (C=N–C) groups is 1. The van der Waals surface area contributed by atoms with E-state index in [-0.39, 0.29) is 6.10 Å². The van der Waals surface area contributed by atoms with Gasteiger partial charge in [-0.3, -0.25) is 0 Å². The van der Waals surface area contributed by atoms with Gasteiger partial charge in [0.15, 0.2) is 5.90 Å². The maximum absolute atomic E-state index is 5.58. The lowest BCUT2D eigenvalue weighted by Crippen LogP contribution is -2.41. The van der Waals surface area contributed by atoms with E-state index in [9.17, 15) is 0 Å². The minimum absolute atomic E-state index is 0.178. The lowest BCUT2D eigenvalue weighted by molar-refractivity contribution is 0.108. The summed E-state index contributed by atoms with van der Waals surface area (Å²) in [5.41, 5.74) is 0.895. The molecule has 3 heteroatoms. The molecular weight excluding hydrogens is 214 g/mol. The van der Waals surface area contributed by atoms with Crippen LogP contribution in [0, 0.1) is 5.92 Å². The van der Waals surface area contributed by atoms with E-state index in [1.54, 1.807) is 7.11 Å². The number of rotatable bonds is 3. The molecule has 1 aliphatic heterocycles. The van der Waals surface area contributed by atoms with Gasteiger partial charge < -0.3 is 9.47 Å². The van der Waals surface area contributed by atoms with Crippen molar-refractivity contribution in [1.29, 1.82) is 0 Å². The minimum atomic E-state index is 0.178. The summed E-state index contributed by atoms with van der Waals surface area (Å²) < 4.78 is 10.7. The van der Waals surface area contributed by atoms with Gasteiger partial charge in [-0.05, 0) is 44.2 Å². The van der Waals surface area contributed by atoms with Crippen molar-refractivity contribution < 1.29 is 9.47 Å². The number of allylic oxidation sites excluding steroid dienone is 1. The number of hydrogen-bond acceptors (Lipinski definition) is 3. The zero-order valence-corrected chi connectivity index (χ0v) is 10.4. The monoisotopic (exact) mass is 231 g/mol. The van der Waals surface area contributed by atoms with Gasteiger partial charge in [-0.1, -0.05) is 6.08 Å². The average molecular weight is 231 g/mol. The first-order valence-electron chi connectivity index (χ1n) is 5.76. The van der Waals surface area contributed by atoms with Gasteiger partial charge in [0.25, 0.3) is 0 Å². The lowest BCUT2D eigenvalue weighted by atomic mass is 9.98. The van der Waals surface area contributed by atoms with Crippen LogP contribution in [0.5, 0.6) is 5.75 Å². The Morgan fingerprint density at radius 1 is 1.29 bits per heavy atom. The summed E-state index contributed by atoms with van der Waals surface area (Å²) in [4.78, 5) is 4.46. The summed E-state index contributed by atoms with van der Waals surface area (Å²) in [7, 11) is 1.65. The largest absolute Gasteiger partial charge is 0.497 e. The van der Waals surface area contributed by atoms with Gasteiger partial charge in [-0.2, -0.15) is 0 Å².